The molecule has 7 heteroatoms. The van der Waals surface area contributed by atoms with Crippen LogP contribution in [-0.2, 0) is 0 Å². The van der Waals surface area contributed by atoms with Crippen molar-refractivity contribution in [1.29, 1.82) is 0 Å². The maximum Gasteiger partial charge on any atom is 0.573 e. The molecule has 110 valence electrons. The van der Waals surface area contributed by atoms with E-state index in [9.17, 15) is 17.6 Å². The lowest BCUT2D eigenvalue weighted by Gasteiger charge is -2.11. The van der Waals surface area contributed by atoms with E-state index in [1.54, 1.807) is 30.3 Å². The summed E-state index contributed by atoms with van der Waals surface area (Å²) in [5, 5.41) is 3.70. The first-order valence-corrected chi connectivity index (χ1v) is 5.84. The summed E-state index contributed by atoms with van der Waals surface area (Å²) in [7, 11) is 0. The molecular weight excluding hydrogens is 288 g/mol. The van der Waals surface area contributed by atoms with Crippen molar-refractivity contribution in [2.75, 3.05) is 5.43 Å². The maximum absolute atomic E-state index is 13.6. The molecule has 0 aliphatic rings. The van der Waals surface area contributed by atoms with Crippen LogP contribution in [0.15, 0.2) is 53.6 Å². The number of hydrogen-bond acceptors (Lipinski definition) is 3. The molecule has 2 aromatic carbocycles. The van der Waals surface area contributed by atoms with Gasteiger partial charge < -0.3 is 4.74 Å². The van der Waals surface area contributed by atoms with E-state index in [4.69, 9.17) is 0 Å². The van der Waals surface area contributed by atoms with Crippen molar-refractivity contribution >= 4 is 11.9 Å². The molecular formula is C14H10F4N2O. The molecule has 3 nitrogen and oxygen atoms in total. The van der Waals surface area contributed by atoms with E-state index in [2.05, 4.69) is 15.3 Å². The second kappa shape index (κ2) is 6.25. The zero-order chi connectivity index (χ0) is 15.3. The first kappa shape index (κ1) is 14.8. The number of alkyl halides is 3. The van der Waals surface area contributed by atoms with Crippen LogP contribution in [0.25, 0.3) is 0 Å². The average Bonchev–Trinajstić information content (AvgIpc) is 2.41. The smallest absolute Gasteiger partial charge is 0.405 e. The minimum atomic E-state index is -4.90. The molecule has 2 rings (SSSR count). The summed E-state index contributed by atoms with van der Waals surface area (Å²) in [6.07, 6.45) is -3.97. The molecule has 0 unspecified atom stereocenters. The van der Waals surface area contributed by atoms with Crippen molar-refractivity contribution in [3.05, 3.63) is 59.9 Å². The van der Waals surface area contributed by atoms with Crippen molar-refractivity contribution in [3.63, 3.8) is 0 Å². The number of nitrogens with one attached hydrogen (secondary N) is 1. The molecule has 0 atom stereocenters. The summed E-state index contributed by atoms with van der Waals surface area (Å²) in [5.74, 6) is -1.52. The van der Waals surface area contributed by atoms with Crippen molar-refractivity contribution in [1.82, 2.24) is 0 Å². The highest BCUT2D eigenvalue weighted by molar-refractivity contribution is 5.84. The molecule has 0 heterocycles. The SMILES string of the molecule is Fc1cccc(OC(F)(F)F)c1C=NNc1ccccc1. The number of benzene rings is 2. The van der Waals surface area contributed by atoms with Crippen LogP contribution >= 0.6 is 0 Å². The largest absolute Gasteiger partial charge is 0.573 e. The van der Waals surface area contributed by atoms with E-state index in [1.165, 1.54) is 0 Å². The van der Waals surface area contributed by atoms with Gasteiger partial charge in [0.15, 0.2) is 0 Å². The average molecular weight is 298 g/mol. The van der Waals surface area contributed by atoms with E-state index in [0.29, 0.717) is 5.69 Å². The molecule has 21 heavy (non-hydrogen) atoms. The Morgan fingerprint density at radius 2 is 1.71 bits per heavy atom. The van der Waals surface area contributed by atoms with E-state index >= 15 is 0 Å². The number of hydrazone groups is 1. The number of ether oxygens (including phenoxy) is 1. The maximum atomic E-state index is 13.6. The molecule has 0 aromatic heterocycles. The lowest BCUT2D eigenvalue weighted by molar-refractivity contribution is -0.274. The van der Waals surface area contributed by atoms with E-state index in [-0.39, 0.29) is 0 Å². The second-order valence-electron chi connectivity index (χ2n) is 3.94. The van der Waals surface area contributed by atoms with Gasteiger partial charge in [0.25, 0.3) is 0 Å². The highest BCUT2D eigenvalue weighted by Gasteiger charge is 2.32. The number of para-hydroxylation sites is 1. The van der Waals surface area contributed by atoms with Gasteiger partial charge in [-0.2, -0.15) is 5.10 Å². The summed E-state index contributed by atoms with van der Waals surface area (Å²) in [5.41, 5.74) is 2.80. The fraction of sp³-hybridized carbons (Fsp3) is 0.0714. The highest BCUT2D eigenvalue weighted by atomic mass is 19.4. The van der Waals surface area contributed by atoms with Crippen molar-refractivity contribution < 1.29 is 22.3 Å². The lowest BCUT2D eigenvalue weighted by Crippen LogP contribution is -2.18. The molecule has 0 radical (unpaired) electrons. The Bertz CT molecular complexity index is 627. The van der Waals surface area contributed by atoms with Gasteiger partial charge in [-0.05, 0) is 24.3 Å². The van der Waals surface area contributed by atoms with Gasteiger partial charge in [-0.15, -0.1) is 13.2 Å². The Morgan fingerprint density at radius 3 is 2.38 bits per heavy atom. The molecule has 0 saturated carbocycles. The number of anilines is 1. The van der Waals surface area contributed by atoms with Crippen LogP contribution in [0, 0.1) is 5.82 Å². The normalized spacial score (nSPS) is 11.6. The van der Waals surface area contributed by atoms with Gasteiger partial charge in [-0.25, -0.2) is 4.39 Å². The Hall–Kier alpha value is -2.57. The van der Waals surface area contributed by atoms with Gasteiger partial charge >= 0.3 is 6.36 Å². The standard InChI is InChI=1S/C14H10F4N2O/c15-12-7-4-8-13(21-14(16,17)18)11(12)9-19-20-10-5-2-1-3-6-10/h1-9,20H. The van der Waals surface area contributed by atoms with Crippen LogP contribution in [0.3, 0.4) is 0 Å². The summed E-state index contributed by atoms with van der Waals surface area (Å²) in [4.78, 5) is 0. The topological polar surface area (TPSA) is 33.6 Å². The molecule has 1 N–H and O–H groups in total. The van der Waals surface area contributed by atoms with Gasteiger partial charge in [0, 0.05) is 0 Å². The Labute approximate surface area is 117 Å². The van der Waals surface area contributed by atoms with Crippen LogP contribution in [0.4, 0.5) is 23.2 Å². The fourth-order valence-corrected chi connectivity index (χ4v) is 1.54. The van der Waals surface area contributed by atoms with Gasteiger partial charge in [-0.3, -0.25) is 5.43 Å². The molecule has 0 bridgehead atoms. The predicted octanol–water partition coefficient (Wildman–Crippen LogP) is 4.17. The van der Waals surface area contributed by atoms with E-state index in [1.807, 2.05) is 0 Å². The first-order chi connectivity index (χ1) is 9.96. The molecule has 0 spiro atoms. The number of hydrogen-bond donors (Lipinski definition) is 1. The number of halogens is 4. The Balaban J connectivity index is 2.19. The van der Waals surface area contributed by atoms with Crippen molar-refractivity contribution in [2.24, 2.45) is 5.10 Å². The fourth-order valence-electron chi connectivity index (χ4n) is 1.54. The molecule has 0 aliphatic heterocycles. The first-order valence-electron chi connectivity index (χ1n) is 5.84. The summed E-state index contributed by atoms with van der Waals surface area (Å²) < 4.78 is 54.0. The number of nitrogens with zero attached hydrogens (tertiary/aromatic N) is 1. The van der Waals surface area contributed by atoms with Crippen LogP contribution in [0.5, 0.6) is 5.75 Å². The quantitative estimate of drug-likeness (QED) is 0.522. The minimum Gasteiger partial charge on any atom is -0.405 e. The van der Waals surface area contributed by atoms with Crippen molar-refractivity contribution in [2.45, 2.75) is 6.36 Å². The minimum absolute atomic E-state index is 0.391. The summed E-state index contributed by atoms with van der Waals surface area (Å²) in [6.45, 7) is 0. The monoisotopic (exact) mass is 298 g/mol. The van der Waals surface area contributed by atoms with Crippen LogP contribution < -0.4 is 10.2 Å². The molecule has 2 aromatic rings. The van der Waals surface area contributed by atoms with Gasteiger partial charge in [-0.1, -0.05) is 24.3 Å². The van der Waals surface area contributed by atoms with Crippen LogP contribution in [0.2, 0.25) is 0 Å². The van der Waals surface area contributed by atoms with Gasteiger partial charge in [0.2, 0.25) is 0 Å². The third-order valence-corrected chi connectivity index (χ3v) is 2.40. The van der Waals surface area contributed by atoms with Crippen LogP contribution in [0.1, 0.15) is 5.56 Å². The zero-order valence-electron chi connectivity index (χ0n) is 10.6. The highest BCUT2D eigenvalue weighted by Crippen LogP contribution is 2.26. The second-order valence-corrected chi connectivity index (χ2v) is 3.94. The third kappa shape index (κ3) is 4.48. The Morgan fingerprint density at radius 1 is 1.00 bits per heavy atom. The zero-order valence-corrected chi connectivity index (χ0v) is 10.6. The van der Waals surface area contributed by atoms with Crippen LogP contribution in [-0.4, -0.2) is 12.6 Å². The van der Waals surface area contributed by atoms with Gasteiger partial charge in [0.05, 0.1) is 17.5 Å². The van der Waals surface area contributed by atoms with Crippen molar-refractivity contribution in [3.8, 4) is 5.75 Å². The van der Waals surface area contributed by atoms with E-state index in [0.717, 1.165) is 24.4 Å². The number of rotatable bonds is 4. The molecule has 0 aliphatic carbocycles. The summed E-state index contributed by atoms with van der Waals surface area (Å²) >= 11 is 0. The summed E-state index contributed by atoms with van der Waals surface area (Å²) in [6, 6.07) is 11.9. The predicted molar refractivity (Wildman–Crippen MR) is 70.7 cm³/mol. The molecule has 0 fully saturated rings. The van der Waals surface area contributed by atoms with Gasteiger partial charge in [0.1, 0.15) is 11.6 Å². The molecule has 0 amide bonds. The molecule has 0 saturated heterocycles. The lowest BCUT2D eigenvalue weighted by atomic mass is 10.2. The Kier molecular flexibility index (Phi) is 4.42. The van der Waals surface area contributed by atoms with E-state index < -0.39 is 23.5 Å². The third-order valence-electron chi connectivity index (χ3n) is 2.40.